The third-order valence-electron chi connectivity index (χ3n) is 5.02. The molecule has 0 aromatic rings. The number of ether oxygens (including phenoxy) is 2. The Kier molecular flexibility index (Phi) is 25.5. The molecular weight excluding hydrogens is 471 g/mol. The Labute approximate surface area is 215 Å². The van der Waals surface area contributed by atoms with Crippen LogP contribution >= 0.6 is 7.82 Å². The van der Waals surface area contributed by atoms with Crippen molar-refractivity contribution in [3.63, 3.8) is 0 Å². The first-order chi connectivity index (χ1) is 15.7. The fourth-order valence-corrected chi connectivity index (χ4v) is 4.03. The van der Waals surface area contributed by atoms with Gasteiger partial charge in [-0.3, -0.25) is 9.05 Å². The Morgan fingerprint density at radius 3 is 1.68 bits per heavy atom. The summed E-state index contributed by atoms with van der Waals surface area (Å²) in [5.41, 5.74) is 0. The van der Waals surface area contributed by atoms with E-state index in [0.29, 0.717) is 6.61 Å². The van der Waals surface area contributed by atoms with Gasteiger partial charge in [0.2, 0.25) is 0 Å². The maximum atomic E-state index is 12.2. The normalized spacial score (nSPS) is 14.5. The minimum Gasteiger partial charge on any atom is -0.379 e. The molecule has 0 fully saturated rings. The molecule has 0 aromatic carbocycles. The molecule has 2 N–H and O–H groups in total. The van der Waals surface area contributed by atoms with Crippen LogP contribution in [0.5, 0.6) is 0 Å². The van der Waals surface area contributed by atoms with Crippen molar-refractivity contribution in [3.8, 4) is 0 Å². The van der Waals surface area contributed by atoms with Crippen LogP contribution in [0.1, 0.15) is 96.8 Å². The summed E-state index contributed by atoms with van der Waals surface area (Å²) in [7, 11) is -4.61. The second kappa shape index (κ2) is 23.8. The third-order valence-corrected chi connectivity index (χ3v) is 6.02. The second-order valence-electron chi connectivity index (χ2n) is 8.26. The Hall–Kier alpha value is 0.377. The molecule has 2 atom stereocenters. The van der Waals surface area contributed by atoms with E-state index in [4.69, 9.17) is 14.4 Å². The molecule has 0 aliphatic rings. The van der Waals surface area contributed by atoms with E-state index in [1.54, 1.807) is 0 Å². The summed E-state index contributed by atoms with van der Waals surface area (Å²) in [5.74, 6) is 0. The Morgan fingerprint density at radius 1 is 0.794 bits per heavy atom. The summed E-state index contributed by atoms with van der Waals surface area (Å²) in [5, 5.41) is 8.58. The smallest absolute Gasteiger partial charge is 0.379 e. The summed E-state index contributed by atoms with van der Waals surface area (Å²) in [6, 6.07) is 0. The van der Waals surface area contributed by atoms with Crippen LogP contribution in [-0.2, 0) is 23.1 Å². The molecule has 0 saturated carbocycles. The summed E-state index contributed by atoms with van der Waals surface area (Å²) in [6.07, 6.45) is 11.4. The molecule has 7 nitrogen and oxygen atoms in total. The van der Waals surface area contributed by atoms with Crippen LogP contribution in [0.4, 0.5) is 13.2 Å². The first-order valence-corrected chi connectivity index (χ1v) is 13.7. The van der Waals surface area contributed by atoms with Gasteiger partial charge < -0.3 is 19.5 Å². The molecular formula is C22H44F3LiO7P+. The van der Waals surface area contributed by atoms with Gasteiger partial charge in [-0.05, 0) is 6.42 Å². The quantitative estimate of drug-likeness (QED) is 0.0879. The van der Waals surface area contributed by atoms with E-state index in [9.17, 15) is 22.6 Å². The van der Waals surface area contributed by atoms with E-state index >= 15 is 0 Å². The molecule has 0 aliphatic heterocycles. The van der Waals surface area contributed by atoms with E-state index in [1.807, 2.05) is 0 Å². The van der Waals surface area contributed by atoms with Crippen LogP contribution in [0.15, 0.2) is 0 Å². The molecule has 12 heteroatoms. The van der Waals surface area contributed by atoms with Gasteiger partial charge in [0, 0.05) is 6.61 Å². The largest absolute Gasteiger partial charge is 1.00 e. The number of hydrogen-bond donors (Lipinski definition) is 2. The topological polar surface area (TPSA) is 94.5 Å². The first kappa shape index (κ1) is 36.5. The molecule has 0 amide bonds. The molecule has 0 aromatic heterocycles. The standard InChI is InChI=1S/C22H44F3O7P.Li/c1-2-3-4-5-6-7-8-9-10-11-12-13-14-15-16-29-17-21(18-30-19-22(23,24)25)32-33(27,28)31-20-26;/h21,26H,2-20H2,1H3,(H,27,28);/q;+1. The van der Waals surface area contributed by atoms with Gasteiger partial charge in [-0.1, -0.05) is 90.4 Å². The van der Waals surface area contributed by atoms with Gasteiger partial charge in [0.25, 0.3) is 0 Å². The van der Waals surface area contributed by atoms with Gasteiger partial charge in [0.15, 0.2) is 6.79 Å². The molecule has 0 radical (unpaired) electrons. The maximum absolute atomic E-state index is 12.2. The van der Waals surface area contributed by atoms with E-state index < -0.39 is 40.1 Å². The average molecular weight is 515 g/mol. The van der Waals surface area contributed by atoms with Crippen molar-refractivity contribution in [1.29, 1.82) is 0 Å². The van der Waals surface area contributed by atoms with Crippen molar-refractivity contribution < 1.29 is 65.1 Å². The second-order valence-corrected chi connectivity index (χ2v) is 9.66. The summed E-state index contributed by atoms with van der Waals surface area (Å²) in [4.78, 5) is 9.40. The van der Waals surface area contributed by atoms with Crippen molar-refractivity contribution in [3.05, 3.63) is 0 Å². The number of unbranched alkanes of at least 4 members (excludes halogenated alkanes) is 13. The predicted molar refractivity (Wildman–Crippen MR) is 121 cm³/mol. The molecule has 0 saturated heterocycles. The zero-order valence-corrected chi connectivity index (χ0v) is 21.9. The number of hydrogen-bond acceptors (Lipinski definition) is 6. The van der Waals surface area contributed by atoms with Crippen LogP contribution in [0, 0.1) is 0 Å². The fourth-order valence-electron chi connectivity index (χ4n) is 3.32. The van der Waals surface area contributed by atoms with Gasteiger partial charge in [-0.25, -0.2) is 4.57 Å². The van der Waals surface area contributed by atoms with Crippen molar-refractivity contribution in [2.24, 2.45) is 0 Å². The van der Waals surface area contributed by atoms with Crippen LogP contribution in [0.2, 0.25) is 0 Å². The molecule has 0 aliphatic carbocycles. The van der Waals surface area contributed by atoms with Crippen LogP contribution in [0.3, 0.4) is 0 Å². The molecule has 34 heavy (non-hydrogen) atoms. The van der Waals surface area contributed by atoms with E-state index in [-0.39, 0.29) is 25.5 Å². The average Bonchev–Trinajstić information content (AvgIpc) is 2.72. The predicted octanol–water partition coefficient (Wildman–Crippen LogP) is 3.52. The molecule has 0 spiro atoms. The summed E-state index contributed by atoms with van der Waals surface area (Å²) in [6.45, 7) is -0.818. The maximum Gasteiger partial charge on any atom is 1.00 e. The number of aliphatic hydroxyl groups is 1. The van der Waals surface area contributed by atoms with Crippen molar-refractivity contribution >= 4 is 7.82 Å². The summed E-state index contributed by atoms with van der Waals surface area (Å²) >= 11 is 0. The summed E-state index contributed by atoms with van der Waals surface area (Å²) < 4.78 is 67.0. The zero-order valence-electron chi connectivity index (χ0n) is 21.0. The molecule has 200 valence electrons. The van der Waals surface area contributed by atoms with Gasteiger partial charge >= 0.3 is 32.9 Å². The van der Waals surface area contributed by atoms with E-state index in [2.05, 4.69) is 16.2 Å². The van der Waals surface area contributed by atoms with E-state index in [1.165, 1.54) is 70.6 Å². The third kappa shape index (κ3) is 27.0. The van der Waals surface area contributed by atoms with Gasteiger partial charge in [-0.2, -0.15) is 13.2 Å². The minimum atomic E-state index is -4.61. The Morgan fingerprint density at radius 2 is 1.24 bits per heavy atom. The van der Waals surface area contributed by atoms with E-state index in [0.717, 1.165) is 19.3 Å². The number of phosphoric ester groups is 1. The monoisotopic (exact) mass is 515 g/mol. The minimum absolute atomic E-state index is 0. The number of rotatable bonds is 24. The molecule has 0 heterocycles. The van der Waals surface area contributed by atoms with Crippen molar-refractivity contribution in [2.45, 2.75) is 109 Å². The van der Waals surface area contributed by atoms with Crippen molar-refractivity contribution in [1.82, 2.24) is 0 Å². The van der Waals surface area contributed by atoms with Crippen LogP contribution < -0.4 is 18.9 Å². The van der Waals surface area contributed by atoms with Gasteiger partial charge in [0.1, 0.15) is 12.7 Å². The zero-order chi connectivity index (χ0) is 24.8. The first-order valence-electron chi connectivity index (χ1n) is 12.2. The number of halogens is 3. The van der Waals surface area contributed by atoms with Gasteiger partial charge in [0.05, 0.1) is 13.2 Å². The Balaban J connectivity index is 0. The molecule has 2 unspecified atom stereocenters. The fraction of sp³-hybridized carbons (Fsp3) is 1.00. The Bertz CT molecular complexity index is 488. The van der Waals surface area contributed by atoms with Crippen LogP contribution in [-0.4, -0.2) is 55.5 Å². The molecule has 0 bridgehead atoms. The number of alkyl halides is 3. The van der Waals surface area contributed by atoms with Crippen LogP contribution in [0.25, 0.3) is 0 Å². The van der Waals surface area contributed by atoms with Gasteiger partial charge in [-0.15, -0.1) is 0 Å². The van der Waals surface area contributed by atoms with Crippen molar-refractivity contribution in [2.75, 3.05) is 33.2 Å². The number of aliphatic hydroxyl groups excluding tert-OH is 1. The SMILES string of the molecule is CCCCCCCCCCCCCCCCOCC(COCC(F)(F)F)OP(=O)(O)OCO.[Li+]. The molecule has 0 rings (SSSR count). The number of phosphoric acid groups is 1.